The highest BCUT2D eigenvalue weighted by molar-refractivity contribution is 5.90. The van der Waals surface area contributed by atoms with E-state index in [0.29, 0.717) is 12.2 Å². The number of nitrogens with zero attached hydrogens (tertiary/aromatic N) is 3. The van der Waals surface area contributed by atoms with Crippen LogP contribution in [-0.4, -0.2) is 40.3 Å². The van der Waals surface area contributed by atoms with Gasteiger partial charge in [-0.3, -0.25) is 9.58 Å². The summed E-state index contributed by atoms with van der Waals surface area (Å²) < 4.78 is 6.78. The molecule has 2 rings (SSSR count). The monoisotopic (exact) mass is 265 g/mol. The normalized spacial score (nSPS) is 17.2. The lowest BCUT2D eigenvalue weighted by molar-refractivity contribution is 0.0524. The van der Waals surface area contributed by atoms with Crippen molar-refractivity contribution in [2.75, 3.05) is 19.7 Å². The largest absolute Gasteiger partial charge is 0.462 e. The van der Waals surface area contributed by atoms with Crippen LogP contribution in [0.25, 0.3) is 0 Å². The van der Waals surface area contributed by atoms with Gasteiger partial charge in [0.1, 0.15) is 5.56 Å². The van der Waals surface area contributed by atoms with Gasteiger partial charge in [0.25, 0.3) is 0 Å². The average molecular weight is 265 g/mol. The molecule has 0 aromatic carbocycles. The SMILES string of the molecule is CCOC(=O)c1cn(C)nc1CN1CCCCCC1. The van der Waals surface area contributed by atoms with E-state index in [1.54, 1.807) is 10.9 Å². The standard InChI is InChI=1S/C14H23N3O2/c1-3-19-14(18)12-10-16(2)15-13(12)11-17-8-6-4-5-7-9-17/h10H,3-9,11H2,1-2H3. The first kappa shape index (κ1) is 14.1. The minimum Gasteiger partial charge on any atom is -0.462 e. The second kappa shape index (κ2) is 6.70. The molecule has 106 valence electrons. The Morgan fingerprint density at radius 2 is 2.00 bits per heavy atom. The van der Waals surface area contributed by atoms with E-state index in [1.165, 1.54) is 25.7 Å². The summed E-state index contributed by atoms with van der Waals surface area (Å²) >= 11 is 0. The second-order valence-corrected chi connectivity index (χ2v) is 5.07. The summed E-state index contributed by atoms with van der Waals surface area (Å²) in [5.41, 5.74) is 1.44. The molecule has 2 heterocycles. The van der Waals surface area contributed by atoms with Crippen LogP contribution in [0.2, 0.25) is 0 Å². The summed E-state index contributed by atoms with van der Waals surface area (Å²) in [5.74, 6) is -0.263. The lowest BCUT2D eigenvalue weighted by Gasteiger charge is -2.18. The van der Waals surface area contributed by atoms with Crippen molar-refractivity contribution < 1.29 is 9.53 Å². The lowest BCUT2D eigenvalue weighted by Crippen LogP contribution is -2.25. The van der Waals surface area contributed by atoms with Gasteiger partial charge in [-0.05, 0) is 32.9 Å². The summed E-state index contributed by atoms with van der Waals surface area (Å²) in [4.78, 5) is 14.3. The van der Waals surface area contributed by atoms with Gasteiger partial charge in [0.05, 0.1) is 12.3 Å². The van der Waals surface area contributed by atoms with Crippen molar-refractivity contribution in [1.82, 2.24) is 14.7 Å². The Bertz CT molecular complexity index is 420. The van der Waals surface area contributed by atoms with Crippen LogP contribution in [0.5, 0.6) is 0 Å². The van der Waals surface area contributed by atoms with Gasteiger partial charge >= 0.3 is 5.97 Å². The van der Waals surface area contributed by atoms with Crippen molar-refractivity contribution in [2.45, 2.75) is 39.2 Å². The van der Waals surface area contributed by atoms with Crippen molar-refractivity contribution in [2.24, 2.45) is 7.05 Å². The highest BCUT2D eigenvalue weighted by Gasteiger charge is 2.19. The van der Waals surface area contributed by atoms with Crippen molar-refractivity contribution >= 4 is 5.97 Å². The minimum absolute atomic E-state index is 0.263. The first-order chi connectivity index (χ1) is 9.20. The van der Waals surface area contributed by atoms with E-state index in [9.17, 15) is 4.79 Å². The number of carbonyl (C=O) groups excluding carboxylic acids is 1. The van der Waals surface area contributed by atoms with Crippen LogP contribution in [0.15, 0.2) is 6.20 Å². The van der Waals surface area contributed by atoms with E-state index in [-0.39, 0.29) is 5.97 Å². The number of ether oxygens (including phenoxy) is 1. The molecule has 0 aliphatic carbocycles. The second-order valence-electron chi connectivity index (χ2n) is 5.07. The molecule has 0 N–H and O–H groups in total. The highest BCUT2D eigenvalue weighted by Crippen LogP contribution is 2.15. The molecule has 0 unspecified atom stereocenters. The molecule has 0 radical (unpaired) electrons. The van der Waals surface area contributed by atoms with Gasteiger partial charge in [0, 0.05) is 19.8 Å². The molecular formula is C14H23N3O2. The Labute approximate surface area is 114 Å². The zero-order valence-electron chi connectivity index (χ0n) is 11.9. The molecule has 5 nitrogen and oxygen atoms in total. The number of esters is 1. The van der Waals surface area contributed by atoms with Gasteiger partial charge in [-0.2, -0.15) is 5.10 Å². The quantitative estimate of drug-likeness (QED) is 0.781. The van der Waals surface area contributed by atoms with E-state index in [4.69, 9.17) is 4.74 Å². The zero-order chi connectivity index (χ0) is 13.7. The third kappa shape index (κ3) is 3.80. The van der Waals surface area contributed by atoms with Crippen LogP contribution >= 0.6 is 0 Å². The molecule has 1 aromatic rings. The van der Waals surface area contributed by atoms with Crippen LogP contribution in [-0.2, 0) is 18.3 Å². The molecule has 1 aliphatic heterocycles. The fourth-order valence-electron chi connectivity index (χ4n) is 2.54. The summed E-state index contributed by atoms with van der Waals surface area (Å²) in [6.45, 7) is 5.16. The first-order valence-corrected chi connectivity index (χ1v) is 7.12. The van der Waals surface area contributed by atoms with Crippen LogP contribution < -0.4 is 0 Å². The minimum atomic E-state index is -0.263. The topological polar surface area (TPSA) is 47.4 Å². The van der Waals surface area contributed by atoms with Crippen molar-refractivity contribution in [1.29, 1.82) is 0 Å². The molecule has 1 fully saturated rings. The summed E-state index contributed by atoms with van der Waals surface area (Å²) in [6.07, 6.45) is 6.85. The van der Waals surface area contributed by atoms with Crippen LogP contribution in [0, 0.1) is 0 Å². The Morgan fingerprint density at radius 3 is 2.63 bits per heavy atom. The van der Waals surface area contributed by atoms with Crippen molar-refractivity contribution in [3.63, 3.8) is 0 Å². The van der Waals surface area contributed by atoms with E-state index in [0.717, 1.165) is 25.3 Å². The number of aromatic nitrogens is 2. The van der Waals surface area contributed by atoms with E-state index >= 15 is 0 Å². The number of rotatable bonds is 4. The maximum Gasteiger partial charge on any atom is 0.341 e. The van der Waals surface area contributed by atoms with Gasteiger partial charge < -0.3 is 4.74 Å². The van der Waals surface area contributed by atoms with Gasteiger partial charge in [-0.25, -0.2) is 4.79 Å². The van der Waals surface area contributed by atoms with Crippen molar-refractivity contribution in [3.05, 3.63) is 17.5 Å². The summed E-state index contributed by atoms with van der Waals surface area (Å²) in [7, 11) is 1.84. The van der Waals surface area contributed by atoms with Gasteiger partial charge in [-0.15, -0.1) is 0 Å². The maximum atomic E-state index is 11.9. The average Bonchev–Trinajstić information content (AvgIpc) is 2.59. The number of aryl methyl sites for hydroxylation is 1. The van der Waals surface area contributed by atoms with E-state index in [1.807, 2.05) is 14.0 Å². The van der Waals surface area contributed by atoms with Crippen molar-refractivity contribution in [3.8, 4) is 0 Å². The number of hydrogen-bond acceptors (Lipinski definition) is 4. The molecule has 0 bridgehead atoms. The Kier molecular flexibility index (Phi) is 4.96. The molecule has 5 heteroatoms. The number of carbonyl (C=O) groups is 1. The molecule has 19 heavy (non-hydrogen) atoms. The van der Waals surface area contributed by atoms with Gasteiger partial charge in [-0.1, -0.05) is 12.8 Å². The van der Waals surface area contributed by atoms with Gasteiger partial charge in [0.15, 0.2) is 0 Å². The predicted octanol–water partition coefficient (Wildman–Crippen LogP) is 1.97. The fourth-order valence-corrected chi connectivity index (χ4v) is 2.54. The number of likely N-dealkylation sites (tertiary alicyclic amines) is 1. The summed E-state index contributed by atoms with van der Waals surface area (Å²) in [6, 6.07) is 0. The molecule has 0 amide bonds. The van der Waals surface area contributed by atoms with Crippen LogP contribution in [0.4, 0.5) is 0 Å². The first-order valence-electron chi connectivity index (χ1n) is 7.12. The molecule has 1 aromatic heterocycles. The van der Waals surface area contributed by atoms with E-state index in [2.05, 4.69) is 10.00 Å². The van der Waals surface area contributed by atoms with Crippen LogP contribution in [0.3, 0.4) is 0 Å². The highest BCUT2D eigenvalue weighted by atomic mass is 16.5. The molecule has 0 saturated carbocycles. The molecule has 1 saturated heterocycles. The zero-order valence-corrected chi connectivity index (χ0v) is 11.9. The van der Waals surface area contributed by atoms with Crippen LogP contribution in [0.1, 0.15) is 48.7 Å². The Morgan fingerprint density at radius 1 is 1.32 bits per heavy atom. The summed E-state index contributed by atoms with van der Waals surface area (Å²) in [5, 5.41) is 4.41. The number of hydrogen-bond donors (Lipinski definition) is 0. The van der Waals surface area contributed by atoms with E-state index < -0.39 is 0 Å². The molecule has 1 aliphatic rings. The smallest absolute Gasteiger partial charge is 0.341 e. The Balaban J connectivity index is 2.08. The lowest BCUT2D eigenvalue weighted by atomic mass is 10.2. The third-order valence-corrected chi connectivity index (χ3v) is 3.47. The van der Waals surface area contributed by atoms with Gasteiger partial charge in [0.2, 0.25) is 0 Å². The Hall–Kier alpha value is -1.36. The third-order valence-electron chi connectivity index (χ3n) is 3.47. The maximum absolute atomic E-state index is 11.9. The molecule has 0 spiro atoms. The molecule has 0 atom stereocenters. The predicted molar refractivity (Wildman–Crippen MR) is 72.9 cm³/mol. The molecular weight excluding hydrogens is 242 g/mol. The fraction of sp³-hybridized carbons (Fsp3) is 0.714.